The predicted octanol–water partition coefficient (Wildman–Crippen LogP) is 4.72. The van der Waals surface area contributed by atoms with E-state index in [9.17, 15) is 9.59 Å². The highest BCUT2D eigenvalue weighted by molar-refractivity contribution is 7.99. The van der Waals surface area contributed by atoms with Gasteiger partial charge in [-0.1, -0.05) is 32.9 Å². The van der Waals surface area contributed by atoms with E-state index in [1.807, 2.05) is 24.3 Å². The topological polar surface area (TPSA) is 75.4 Å². The van der Waals surface area contributed by atoms with E-state index in [2.05, 4.69) is 31.0 Å². The number of thiophene rings is 1. The number of rotatable bonds is 8. The summed E-state index contributed by atoms with van der Waals surface area (Å²) in [5.74, 6) is -0.586. The van der Waals surface area contributed by atoms with Crippen LogP contribution < -0.4 is 11.1 Å². The number of carbonyl (C=O) groups excluding carboxylic acids is 2. The van der Waals surface area contributed by atoms with Gasteiger partial charge in [0, 0.05) is 28.1 Å². The molecule has 8 heteroatoms. The number of hydrogen-bond donors (Lipinski definition) is 2. The zero-order valence-electron chi connectivity index (χ0n) is 17.7. The fourth-order valence-corrected chi connectivity index (χ4v) is 5.78. The summed E-state index contributed by atoms with van der Waals surface area (Å²) >= 11 is 3.29. The summed E-state index contributed by atoms with van der Waals surface area (Å²) in [5.41, 5.74) is 8.12. The molecule has 1 aliphatic heterocycles. The van der Waals surface area contributed by atoms with Crippen molar-refractivity contribution in [2.75, 3.05) is 18.4 Å². The van der Waals surface area contributed by atoms with Crippen LogP contribution in [0.5, 0.6) is 0 Å². The van der Waals surface area contributed by atoms with Crippen LogP contribution in [0.2, 0.25) is 0 Å². The molecule has 0 unspecified atom stereocenters. The van der Waals surface area contributed by atoms with Crippen LogP contribution in [0.25, 0.3) is 0 Å². The quantitative estimate of drug-likeness (QED) is 0.551. The number of thioether (sulfide) groups is 1. The second-order valence-electron chi connectivity index (χ2n) is 7.63. The van der Waals surface area contributed by atoms with Crippen molar-refractivity contribution < 1.29 is 9.59 Å². The first kappa shape index (κ1) is 24.7. The Kier molecular flexibility index (Phi) is 9.22. The standard InChI is InChI=1S/C22H29N3O2S2.ClH/c1-4-10-25-11-9-17-18(13-25)29-22(20(17)21(23)27)24-19(26)12-15-5-7-16(8-6-15)28-14(2)3;/h5-8,14H,4,9-13H2,1-3H3,(H2,23,27)(H,24,26);1H. The van der Waals surface area contributed by atoms with Gasteiger partial charge in [0.2, 0.25) is 5.91 Å². The molecule has 3 rings (SSSR count). The number of nitrogens with one attached hydrogen (secondary N) is 1. The maximum Gasteiger partial charge on any atom is 0.251 e. The van der Waals surface area contributed by atoms with Crippen molar-refractivity contribution in [2.24, 2.45) is 5.73 Å². The molecule has 2 aromatic rings. The SMILES string of the molecule is CCCN1CCc2c(sc(NC(=O)Cc3ccc(SC(C)C)cc3)c2C(N)=O)C1.Cl. The minimum atomic E-state index is -0.461. The fourth-order valence-electron chi connectivity index (χ4n) is 3.63. The van der Waals surface area contributed by atoms with Crippen LogP contribution in [0.15, 0.2) is 29.2 Å². The number of carbonyl (C=O) groups is 2. The number of primary amides is 1. The number of anilines is 1. The van der Waals surface area contributed by atoms with Crippen molar-refractivity contribution in [3.05, 3.63) is 45.8 Å². The molecular formula is C22H30ClN3O2S2. The Bertz CT molecular complexity index is 881. The summed E-state index contributed by atoms with van der Waals surface area (Å²) in [6.45, 7) is 9.26. The average molecular weight is 468 g/mol. The van der Waals surface area contributed by atoms with Crippen LogP contribution in [0.1, 0.15) is 53.6 Å². The van der Waals surface area contributed by atoms with Gasteiger partial charge in [0.15, 0.2) is 0 Å². The van der Waals surface area contributed by atoms with Gasteiger partial charge < -0.3 is 11.1 Å². The van der Waals surface area contributed by atoms with E-state index in [0.29, 0.717) is 15.8 Å². The van der Waals surface area contributed by atoms with E-state index in [0.717, 1.165) is 48.5 Å². The lowest BCUT2D eigenvalue weighted by molar-refractivity contribution is -0.115. The van der Waals surface area contributed by atoms with Crippen molar-refractivity contribution in [2.45, 2.75) is 56.7 Å². The van der Waals surface area contributed by atoms with Crippen LogP contribution in [-0.4, -0.2) is 35.1 Å². The van der Waals surface area contributed by atoms with Gasteiger partial charge in [-0.3, -0.25) is 14.5 Å². The third-order valence-corrected chi connectivity index (χ3v) is 6.98. The number of fused-ring (bicyclic) bond motifs is 1. The monoisotopic (exact) mass is 467 g/mol. The summed E-state index contributed by atoms with van der Waals surface area (Å²) in [7, 11) is 0. The minimum Gasteiger partial charge on any atom is -0.365 e. The summed E-state index contributed by atoms with van der Waals surface area (Å²) in [4.78, 5) is 29.4. The number of nitrogens with two attached hydrogens (primary N) is 1. The number of halogens is 1. The Labute approximate surface area is 193 Å². The van der Waals surface area contributed by atoms with Crippen LogP contribution in [-0.2, 0) is 24.2 Å². The molecule has 30 heavy (non-hydrogen) atoms. The zero-order chi connectivity index (χ0) is 21.0. The van der Waals surface area contributed by atoms with E-state index >= 15 is 0 Å². The highest BCUT2D eigenvalue weighted by atomic mass is 35.5. The largest absolute Gasteiger partial charge is 0.365 e. The van der Waals surface area contributed by atoms with Gasteiger partial charge in [0.1, 0.15) is 5.00 Å². The van der Waals surface area contributed by atoms with E-state index in [-0.39, 0.29) is 24.7 Å². The molecule has 164 valence electrons. The van der Waals surface area contributed by atoms with Crippen LogP contribution in [0, 0.1) is 0 Å². The van der Waals surface area contributed by atoms with Crippen LogP contribution in [0.3, 0.4) is 0 Å². The molecule has 2 heterocycles. The smallest absolute Gasteiger partial charge is 0.251 e. The van der Waals surface area contributed by atoms with Gasteiger partial charge in [-0.05, 0) is 42.6 Å². The molecule has 3 N–H and O–H groups in total. The first-order valence-corrected chi connectivity index (χ1v) is 11.8. The minimum absolute atomic E-state index is 0. The fraction of sp³-hybridized carbons (Fsp3) is 0.455. The van der Waals surface area contributed by atoms with E-state index < -0.39 is 5.91 Å². The molecule has 0 saturated heterocycles. The van der Waals surface area contributed by atoms with Gasteiger partial charge in [0.25, 0.3) is 5.91 Å². The zero-order valence-corrected chi connectivity index (χ0v) is 20.1. The third-order valence-electron chi connectivity index (χ3n) is 4.83. The second kappa shape index (κ2) is 11.2. The molecule has 1 aromatic carbocycles. The van der Waals surface area contributed by atoms with Crippen molar-refractivity contribution in [1.29, 1.82) is 0 Å². The molecule has 2 amide bonds. The Morgan fingerprint density at radius 1 is 1.27 bits per heavy atom. The molecule has 0 bridgehead atoms. The van der Waals surface area contributed by atoms with Crippen molar-refractivity contribution in [3.8, 4) is 0 Å². The molecule has 1 aliphatic rings. The maximum atomic E-state index is 12.6. The van der Waals surface area contributed by atoms with Crippen molar-refractivity contribution in [1.82, 2.24) is 4.90 Å². The molecule has 0 aliphatic carbocycles. The normalized spacial score (nSPS) is 13.6. The van der Waals surface area contributed by atoms with Crippen molar-refractivity contribution in [3.63, 3.8) is 0 Å². The first-order chi connectivity index (χ1) is 13.9. The second-order valence-corrected chi connectivity index (χ2v) is 10.4. The molecule has 0 fully saturated rings. The lowest BCUT2D eigenvalue weighted by atomic mass is 10.0. The summed E-state index contributed by atoms with van der Waals surface area (Å²) < 4.78 is 0. The Hall–Kier alpha value is -1.54. The Morgan fingerprint density at radius 2 is 1.97 bits per heavy atom. The van der Waals surface area contributed by atoms with Crippen LogP contribution in [0.4, 0.5) is 5.00 Å². The Morgan fingerprint density at radius 3 is 2.57 bits per heavy atom. The summed E-state index contributed by atoms with van der Waals surface area (Å²) in [5, 5.41) is 4.06. The van der Waals surface area contributed by atoms with Gasteiger partial charge in [-0.15, -0.1) is 35.5 Å². The van der Waals surface area contributed by atoms with Gasteiger partial charge >= 0.3 is 0 Å². The van der Waals surface area contributed by atoms with E-state index in [1.165, 1.54) is 16.2 Å². The lowest BCUT2D eigenvalue weighted by Crippen LogP contribution is -2.31. The summed E-state index contributed by atoms with van der Waals surface area (Å²) in [6.07, 6.45) is 2.17. The average Bonchev–Trinajstić information content (AvgIpc) is 3.00. The van der Waals surface area contributed by atoms with E-state index in [1.54, 1.807) is 11.8 Å². The number of hydrogen-bond acceptors (Lipinski definition) is 5. The maximum absolute atomic E-state index is 12.6. The summed E-state index contributed by atoms with van der Waals surface area (Å²) in [6, 6.07) is 8.07. The Balaban J connectivity index is 0.00000320. The van der Waals surface area contributed by atoms with Gasteiger partial charge in [-0.2, -0.15) is 0 Å². The molecular weight excluding hydrogens is 438 g/mol. The van der Waals surface area contributed by atoms with Gasteiger partial charge in [0.05, 0.1) is 12.0 Å². The highest BCUT2D eigenvalue weighted by Gasteiger charge is 2.27. The number of benzene rings is 1. The van der Waals surface area contributed by atoms with Crippen LogP contribution >= 0.6 is 35.5 Å². The molecule has 0 spiro atoms. The number of nitrogens with zero attached hydrogens (tertiary/aromatic N) is 1. The van der Waals surface area contributed by atoms with Gasteiger partial charge in [-0.25, -0.2) is 0 Å². The molecule has 0 atom stereocenters. The van der Waals surface area contributed by atoms with Crippen molar-refractivity contribution >= 4 is 52.3 Å². The molecule has 0 saturated carbocycles. The molecule has 1 aromatic heterocycles. The van der Waals surface area contributed by atoms with E-state index in [4.69, 9.17) is 5.73 Å². The lowest BCUT2D eigenvalue weighted by Gasteiger charge is -2.26. The molecule has 5 nitrogen and oxygen atoms in total. The first-order valence-electron chi connectivity index (χ1n) is 10.1. The highest BCUT2D eigenvalue weighted by Crippen LogP contribution is 2.37. The molecule has 0 radical (unpaired) electrons. The predicted molar refractivity (Wildman–Crippen MR) is 129 cm³/mol. The number of amides is 2. The third kappa shape index (κ3) is 6.23.